The summed E-state index contributed by atoms with van der Waals surface area (Å²) in [5, 5.41) is 0. The maximum Gasteiger partial charge on any atom is 0.272 e. The van der Waals surface area contributed by atoms with Crippen molar-refractivity contribution >= 4 is 17.7 Å². The number of anilines is 2. The number of pyridine rings is 1. The van der Waals surface area contributed by atoms with Gasteiger partial charge in [0.2, 0.25) is 5.95 Å². The Labute approximate surface area is 157 Å². The Morgan fingerprint density at radius 2 is 2.11 bits per heavy atom. The van der Waals surface area contributed by atoms with Crippen LogP contribution in [0.5, 0.6) is 0 Å². The van der Waals surface area contributed by atoms with Gasteiger partial charge in [0.25, 0.3) is 11.5 Å². The molecule has 1 amide bonds. The molecule has 0 saturated carbocycles. The quantitative estimate of drug-likeness (QED) is 0.816. The molecule has 3 N–H and O–H groups in total. The summed E-state index contributed by atoms with van der Waals surface area (Å²) >= 11 is 0. The lowest BCUT2D eigenvalue weighted by Crippen LogP contribution is -2.48. The van der Waals surface area contributed by atoms with Gasteiger partial charge < -0.3 is 15.5 Å². The van der Waals surface area contributed by atoms with Crippen LogP contribution in [0.3, 0.4) is 0 Å². The van der Waals surface area contributed by atoms with E-state index in [-0.39, 0.29) is 16.9 Å². The van der Waals surface area contributed by atoms with Crippen molar-refractivity contribution < 1.29 is 4.79 Å². The van der Waals surface area contributed by atoms with E-state index in [2.05, 4.69) is 9.97 Å². The van der Waals surface area contributed by atoms with E-state index in [1.807, 2.05) is 19.0 Å². The van der Waals surface area contributed by atoms with Gasteiger partial charge in [-0.15, -0.1) is 0 Å². The average Bonchev–Trinajstić information content (AvgIpc) is 2.99. The largest absolute Gasteiger partial charge is 0.384 e. The summed E-state index contributed by atoms with van der Waals surface area (Å²) in [6.45, 7) is 1.23. The minimum absolute atomic E-state index is 0.0680. The molecule has 1 unspecified atom stereocenters. The van der Waals surface area contributed by atoms with E-state index in [4.69, 9.17) is 10.7 Å². The lowest BCUT2D eigenvalue weighted by atomic mass is 9.77. The fourth-order valence-corrected chi connectivity index (χ4v) is 4.29. The van der Waals surface area contributed by atoms with E-state index >= 15 is 0 Å². The highest BCUT2D eigenvalue weighted by atomic mass is 16.2. The second-order valence-electron chi connectivity index (χ2n) is 7.67. The Balaban J connectivity index is 1.68. The van der Waals surface area contributed by atoms with Crippen LogP contribution in [0.4, 0.5) is 11.8 Å². The maximum absolute atomic E-state index is 13.0. The number of fused-ring (bicyclic) bond motifs is 2. The number of piperidine rings is 1. The molecule has 1 spiro atoms. The number of nitrogens with one attached hydrogen (secondary N) is 1. The van der Waals surface area contributed by atoms with Crippen LogP contribution in [-0.2, 0) is 11.8 Å². The molecule has 1 fully saturated rings. The first-order valence-electron chi connectivity index (χ1n) is 9.22. The Bertz CT molecular complexity index is 953. The number of nitrogens with zero attached hydrogens (tertiary/aromatic N) is 4. The molecule has 8 heteroatoms. The highest BCUT2D eigenvalue weighted by Crippen LogP contribution is 2.43. The first-order valence-corrected chi connectivity index (χ1v) is 9.22. The van der Waals surface area contributed by atoms with Crippen molar-refractivity contribution in [1.82, 2.24) is 19.9 Å². The third-order valence-corrected chi connectivity index (χ3v) is 5.64. The van der Waals surface area contributed by atoms with Gasteiger partial charge in [0.15, 0.2) is 0 Å². The highest BCUT2D eigenvalue weighted by Gasteiger charge is 2.46. The van der Waals surface area contributed by atoms with Gasteiger partial charge in [-0.3, -0.25) is 14.6 Å². The van der Waals surface area contributed by atoms with Gasteiger partial charge in [-0.1, -0.05) is 6.07 Å². The molecule has 0 radical (unpaired) electrons. The molecule has 2 aromatic rings. The van der Waals surface area contributed by atoms with E-state index in [9.17, 15) is 9.59 Å². The number of likely N-dealkylation sites (tertiary alicyclic amines) is 1. The van der Waals surface area contributed by atoms with Gasteiger partial charge >= 0.3 is 0 Å². The Morgan fingerprint density at radius 1 is 1.30 bits per heavy atom. The van der Waals surface area contributed by atoms with Crippen LogP contribution in [0.15, 0.2) is 23.0 Å². The number of hydrogen-bond donors (Lipinski definition) is 2. The molecule has 3 heterocycles. The summed E-state index contributed by atoms with van der Waals surface area (Å²) < 4.78 is 0. The van der Waals surface area contributed by atoms with Crippen LogP contribution < -0.4 is 16.2 Å². The van der Waals surface area contributed by atoms with E-state index < -0.39 is 0 Å². The van der Waals surface area contributed by atoms with Crippen molar-refractivity contribution in [2.75, 3.05) is 37.8 Å². The van der Waals surface area contributed by atoms with Crippen molar-refractivity contribution in [2.45, 2.75) is 31.1 Å². The average molecular weight is 368 g/mol. The van der Waals surface area contributed by atoms with Crippen LogP contribution in [0.2, 0.25) is 0 Å². The molecule has 0 bridgehead atoms. The van der Waals surface area contributed by atoms with E-state index in [1.165, 1.54) is 0 Å². The van der Waals surface area contributed by atoms with Gasteiger partial charge in [0, 0.05) is 38.2 Å². The summed E-state index contributed by atoms with van der Waals surface area (Å²) in [5.74, 6) is 0.774. The first kappa shape index (κ1) is 17.5. The van der Waals surface area contributed by atoms with Gasteiger partial charge in [0.1, 0.15) is 11.5 Å². The molecule has 1 atom stereocenters. The van der Waals surface area contributed by atoms with Crippen molar-refractivity contribution in [3.8, 4) is 0 Å². The van der Waals surface area contributed by atoms with E-state index in [0.29, 0.717) is 37.0 Å². The third-order valence-electron chi connectivity index (χ3n) is 5.64. The highest BCUT2D eigenvalue weighted by molar-refractivity contribution is 5.92. The predicted molar refractivity (Wildman–Crippen MR) is 103 cm³/mol. The number of carbonyl (C=O) groups is 1. The standard InChI is InChI=1S/C19H24N6O2/c1-24(2)18-22-15-12(16(26)23-18)7-9-19(15)8-4-10-25(11-19)17(27)13-5-3-6-14(20)21-13/h3,5-6H,4,7-11H2,1-2H3,(H2,20,21)(H,22,23,26). The summed E-state index contributed by atoms with van der Waals surface area (Å²) in [5.41, 5.74) is 7.38. The van der Waals surface area contributed by atoms with Gasteiger partial charge in [0.05, 0.1) is 5.69 Å². The number of aromatic nitrogens is 3. The zero-order valence-corrected chi connectivity index (χ0v) is 15.7. The number of hydrogen-bond acceptors (Lipinski definition) is 6. The molecule has 142 valence electrons. The summed E-state index contributed by atoms with van der Waals surface area (Å²) in [6, 6.07) is 5.10. The lowest BCUT2D eigenvalue weighted by molar-refractivity contribution is 0.0627. The fourth-order valence-electron chi connectivity index (χ4n) is 4.29. The minimum Gasteiger partial charge on any atom is -0.384 e. The molecule has 0 aromatic carbocycles. The number of carbonyl (C=O) groups excluding carboxylic acids is 1. The molecule has 1 saturated heterocycles. The van der Waals surface area contributed by atoms with Crippen molar-refractivity contribution in [3.63, 3.8) is 0 Å². The van der Waals surface area contributed by atoms with E-state index in [0.717, 1.165) is 30.5 Å². The van der Waals surface area contributed by atoms with Crippen molar-refractivity contribution in [3.05, 3.63) is 45.5 Å². The third kappa shape index (κ3) is 2.94. The SMILES string of the molecule is CN(C)c1nc2c(c(=O)[nH]1)CCC21CCCN(C(=O)c2cccc(N)n2)C1. The van der Waals surface area contributed by atoms with Gasteiger partial charge in [-0.25, -0.2) is 9.97 Å². The lowest BCUT2D eigenvalue weighted by Gasteiger charge is -2.40. The second kappa shape index (κ2) is 6.37. The minimum atomic E-state index is -0.261. The second-order valence-corrected chi connectivity index (χ2v) is 7.67. The van der Waals surface area contributed by atoms with Gasteiger partial charge in [-0.05, 0) is 37.8 Å². The van der Waals surface area contributed by atoms with Crippen LogP contribution in [0.1, 0.15) is 41.0 Å². The first-order chi connectivity index (χ1) is 12.9. The monoisotopic (exact) mass is 368 g/mol. The zero-order valence-electron chi connectivity index (χ0n) is 15.7. The molecule has 1 aliphatic carbocycles. The maximum atomic E-state index is 13.0. The molecule has 2 aliphatic rings. The summed E-state index contributed by atoms with van der Waals surface area (Å²) in [4.78, 5) is 40.9. The van der Waals surface area contributed by atoms with Crippen LogP contribution in [-0.4, -0.2) is 52.9 Å². The van der Waals surface area contributed by atoms with Gasteiger partial charge in [-0.2, -0.15) is 0 Å². The summed E-state index contributed by atoms with van der Waals surface area (Å²) in [6.07, 6.45) is 3.34. The molecular weight excluding hydrogens is 344 g/mol. The number of amides is 1. The van der Waals surface area contributed by atoms with Crippen molar-refractivity contribution in [2.24, 2.45) is 0 Å². The molecule has 1 aliphatic heterocycles. The van der Waals surface area contributed by atoms with Crippen LogP contribution >= 0.6 is 0 Å². The number of H-pyrrole nitrogens is 1. The molecule has 27 heavy (non-hydrogen) atoms. The van der Waals surface area contributed by atoms with Crippen LogP contribution in [0.25, 0.3) is 0 Å². The topological polar surface area (TPSA) is 108 Å². The smallest absolute Gasteiger partial charge is 0.272 e. The molecule has 4 rings (SSSR count). The number of aromatic amines is 1. The number of nitrogens with two attached hydrogens (primary N) is 1. The fraction of sp³-hybridized carbons (Fsp3) is 0.474. The molecule has 8 nitrogen and oxygen atoms in total. The Hall–Kier alpha value is -2.90. The van der Waals surface area contributed by atoms with Crippen molar-refractivity contribution in [1.29, 1.82) is 0 Å². The Kier molecular flexibility index (Phi) is 4.13. The zero-order chi connectivity index (χ0) is 19.2. The Morgan fingerprint density at radius 3 is 2.85 bits per heavy atom. The normalized spacial score (nSPS) is 21.3. The number of rotatable bonds is 2. The summed E-state index contributed by atoms with van der Waals surface area (Å²) in [7, 11) is 3.71. The van der Waals surface area contributed by atoms with E-state index in [1.54, 1.807) is 23.1 Å². The number of nitrogen functional groups attached to an aromatic ring is 1. The van der Waals surface area contributed by atoms with Crippen LogP contribution in [0, 0.1) is 0 Å². The molecule has 2 aromatic heterocycles. The predicted octanol–water partition coefficient (Wildman–Crippen LogP) is 0.933. The molecular formula is C19H24N6O2.